The van der Waals surface area contributed by atoms with E-state index in [1.165, 1.54) is 26.4 Å². The summed E-state index contributed by atoms with van der Waals surface area (Å²) in [5.74, 6) is 0. The number of benzene rings is 1. The maximum Gasteiger partial charge on any atom is 0.0321 e. The Morgan fingerprint density at radius 1 is 1.46 bits per heavy atom. The molecule has 1 heterocycles. The molecular weight excluding hydrogens is 341 g/mol. The highest BCUT2D eigenvalue weighted by Gasteiger charge is 2.16. The number of hydrogen-bond donors (Lipinski definition) is 1. The van der Waals surface area contributed by atoms with Crippen LogP contribution in [0.2, 0.25) is 0 Å². The van der Waals surface area contributed by atoms with Gasteiger partial charge in [0.1, 0.15) is 0 Å². The van der Waals surface area contributed by atoms with Crippen molar-refractivity contribution >= 4 is 38.5 Å². The Hall–Kier alpha value is 0.390. The van der Waals surface area contributed by atoms with E-state index in [0.29, 0.717) is 6.04 Å². The highest BCUT2D eigenvalue weighted by atomic mass is 127. The molecule has 3 heteroatoms. The fraction of sp³-hybridized carbons (Fsp3) is 0.400. The molecule has 70 valence electrons. The molecule has 1 aromatic rings. The van der Waals surface area contributed by atoms with Gasteiger partial charge in [0.2, 0.25) is 0 Å². The highest BCUT2D eigenvalue weighted by molar-refractivity contribution is 14.1. The molecule has 1 N–H and O–H groups in total. The summed E-state index contributed by atoms with van der Waals surface area (Å²) in [7, 11) is 0. The van der Waals surface area contributed by atoms with Crippen LogP contribution in [0.1, 0.15) is 24.4 Å². The van der Waals surface area contributed by atoms with Crippen molar-refractivity contribution in [3.63, 3.8) is 0 Å². The normalized spacial score (nSPS) is 22.2. The zero-order valence-corrected chi connectivity index (χ0v) is 10.9. The summed E-state index contributed by atoms with van der Waals surface area (Å²) in [5, 5.41) is 3.50. The van der Waals surface area contributed by atoms with Crippen LogP contribution in [0.4, 0.5) is 0 Å². The average Bonchev–Trinajstić information content (AvgIpc) is 2.62. The molecule has 1 aliphatic heterocycles. The predicted molar refractivity (Wildman–Crippen MR) is 66.8 cm³/mol. The second-order valence-electron chi connectivity index (χ2n) is 3.32. The Morgan fingerprint density at radius 3 is 2.92 bits per heavy atom. The minimum absolute atomic E-state index is 0.585. The van der Waals surface area contributed by atoms with Gasteiger partial charge in [0.25, 0.3) is 0 Å². The smallest absolute Gasteiger partial charge is 0.0321 e. The Kier molecular flexibility index (Phi) is 3.26. The summed E-state index contributed by atoms with van der Waals surface area (Å²) in [6.07, 6.45) is 2.58. The van der Waals surface area contributed by atoms with Gasteiger partial charge in [-0.3, -0.25) is 0 Å². The number of hydrogen-bond acceptors (Lipinski definition) is 1. The first-order valence-electron chi connectivity index (χ1n) is 4.46. The third-order valence-electron chi connectivity index (χ3n) is 2.41. The van der Waals surface area contributed by atoms with E-state index in [0.717, 1.165) is 6.54 Å². The fourth-order valence-electron chi connectivity index (χ4n) is 1.70. The second-order valence-corrected chi connectivity index (χ2v) is 5.34. The molecule has 13 heavy (non-hydrogen) atoms. The van der Waals surface area contributed by atoms with Crippen LogP contribution in [0.15, 0.2) is 22.7 Å². The molecule has 1 fully saturated rings. The van der Waals surface area contributed by atoms with Crippen LogP contribution >= 0.6 is 38.5 Å². The van der Waals surface area contributed by atoms with Gasteiger partial charge in [-0.25, -0.2) is 0 Å². The standard InChI is InChI=1S/C10H11BrIN/c11-8-4-3-7(6-9(8)12)10-2-1-5-13-10/h3-4,6,10,13H,1-2,5H2. The van der Waals surface area contributed by atoms with Gasteiger partial charge in [-0.1, -0.05) is 6.07 Å². The average molecular weight is 352 g/mol. The largest absolute Gasteiger partial charge is 0.310 e. The molecule has 0 spiro atoms. The number of rotatable bonds is 1. The second kappa shape index (κ2) is 4.28. The molecule has 1 atom stereocenters. The minimum atomic E-state index is 0.585. The lowest BCUT2D eigenvalue weighted by Gasteiger charge is -2.11. The van der Waals surface area contributed by atoms with Gasteiger partial charge in [-0.05, 0) is 75.6 Å². The van der Waals surface area contributed by atoms with Crippen molar-refractivity contribution in [3.05, 3.63) is 31.8 Å². The third-order valence-corrected chi connectivity index (χ3v) is 4.73. The number of nitrogens with one attached hydrogen (secondary N) is 1. The van der Waals surface area contributed by atoms with E-state index in [4.69, 9.17) is 0 Å². The van der Waals surface area contributed by atoms with Gasteiger partial charge in [0, 0.05) is 14.1 Å². The van der Waals surface area contributed by atoms with Crippen LogP contribution in [-0.4, -0.2) is 6.54 Å². The van der Waals surface area contributed by atoms with E-state index in [2.05, 4.69) is 62.0 Å². The summed E-state index contributed by atoms with van der Waals surface area (Å²) in [5.41, 5.74) is 1.42. The molecule has 1 saturated heterocycles. The fourth-order valence-corrected chi connectivity index (χ4v) is 2.48. The van der Waals surface area contributed by atoms with Crippen LogP contribution in [0, 0.1) is 3.57 Å². The van der Waals surface area contributed by atoms with E-state index < -0.39 is 0 Å². The number of halogens is 2. The molecule has 0 bridgehead atoms. The lowest BCUT2D eigenvalue weighted by atomic mass is 10.1. The van der Waals surface area contributed by atoms with Crippen LogP contribution in [0.3, 0.4) is 0 Å². The summed E-state index contributed by atoms with van der Waals surface area (Å²) >= 11 is 5.87. The Labute approximate surface area is 101 Å². The minimum Gasteiger partial charge on any atom is -0.310 e. The van der Waals surface area contributed by atoms with Gasteiger partial charge in [-0.15, -0.1) is 0 Å². The molecule has 1 aromatic carbocycles. The molecule has 0 radical (unpaired) electrons. The van der Waals surface area contributed by atoms with E-state index in [-0.39, 0.29) is 0 Å². The first-order valence-corrected chi connectivity index (χ1v) is 6.33. The first kappa shape index (κ1) is 9.93. The molecule has 1 unspecified atom stereocenters. The van der Waals surface area contributed by atoms with Crippen molar-refractivity contribution in [3.8, 4) is 0 Å². The Morgan fingerprint density at radius 2 is 2.31 bits per heavy atom. The van der Waals surface area contributed by atoms with Crippen LogP contribution < -0.4 is 5.32 Å². The van der Waals surface area contributed by atoms with Gasteiger partial charge >= 0.3 is 0 Å². The Balaban J connectivity index is 2.25. The van der Waals surface area contributed by atoms with Gasteiger partial charge in [0.15, 0.2) is 0 Å². The van der Waals surface area contributed by atoms with Crippen molar-refractivity contribution in [2.24, 2.45) is 0 Å². The van der Waals surface area contributed by atoms with Crippen molar-refractivity contribution in [1.29, 1.82) is 0 Å². The first-order chi connectivity index (χ1) is 6.27. The van der Waals surface area contributed by atoms with Crippen molar-refractivity contribution < 1.29 is 0 Å². The summed E-state index contributed by atoms with van der Waals surface area (Å²) < 4.78 is 2.48. The lowest BCUT2D eigenvalue weighted by Crippen LogP contribution is -2.12. The quantitative estimate of drug-likeness (QED) is 0.764. The topological polar surface area (TPSA) is 12.0 Å². The van der Waals surface area contributed by atoms with Crippen LogP contribution in [0.5, 0.6) is 0 Å². The Bertz CT molecular complexity index is 308. The third kappa shape index (κ3) is 2.25. The highest BCUT2D eigenvalue weighted by Crippen LogP contribution is 2.27. The maximum absolute atomic E-state index is 3.51. The van der Waals surface area contributed by atoms with Crippen molar-refractivity contribution in [2.45, 2.75) is 18.9 Å². The van der Waals surface area contributed by atoms with Gasteiger partial charge < -0.3 is 5.32 Å². The van der Waals surface area contributed by atoms with Crippen molar-refractivity contribution in [2.75, 3.05) is 6.54 Å². The van der Waals surface area contributed by atoms with E-state index in [9.17, 15) is 0 Å². The molecule has 0 aliphatic carbocycles. The lowest BCUT2D eigenvalue weighted by molar-refractivity contribution is 0.647. The predicted octanol–water partition coefficient (Wildman–Crippen LogP) is 3.48. The van der Waals surface area contributed by atoms with Gasteiger partial charge in [-0.2, -0.15) is 0 Å². The zero-order valence-electron chi connectivity index (χ0n) is 7.19. The molecule has 0 amide bonds. The van der Waals surface area contributed by atoms with Gasteiger partial charge in [0.05, 0.1) is 0 Å². The van der Waals surface area contributed by atoms with E-state index >= 15 is 0 Å². The summed E-state index contributed by atoms with van der Waals surface area (Å²) in [6.45, 7) is 1.16. The molecular formula is C10H11BrIN. The van der Waals surface area contributed by atoms with E-state index in [1.54, 1.807) is 0 Å². The molecule has 0 aromatic heterocycles. The van der Waals surface area contributed by atoms with Crippen molar-refractivity contribution in [1.82, 2.24) is 5.32 Å². The molecule has 1 nitrogen and oxygen atoms in total. The zero-order chi connectivity index (χ0) is 9.26. The molecule has 1 aliphatic rings. The monoisotopic (exact) mass is 351 g/mol. The SMILES string of the molecule is Brc1ccc(C2CCCN2)cc1I. The van der Waals surface area contributed by atoms with Crippen LogP contribution in [-0.2, 0) is 0 Å². The summed E-state index contributed by atoms with van der Waals surface area (Å²) in [4.78, 5) is 0. The molecule has 2 rings (SSSR count). The summed E-state index contributed by atoms with van der Waals surface area (Å²) in [6, 6.07) is 7.18. The van der Waals surface area contributed by atoms with E-state index in [1.807, 2.05) is 0 Å². The molecule has 0 saturated carbocycles. The van der Waals surface area contributed by atoms with Crippen LogP contribution in [0.25, 0.3) is 0 Å². The maximum atomic E-state index is 3.51.